The van der Waals surface area contributed by atoms with E-state index in [0.29, 0.717) is 11.5 Å². The van der Waals surface area contributed by atoms with Crippen molar-refractivity contribution >= 4 is 33.5 Å². The third kappa shape index (κ3) is 3.85. The Balaban J connectivity index is 2.00. The van der Waals surface area contributed by atoms with Crippen LogP contribution in [0.15, 0.2) is 45.9 Å². The molecule has 0 saturated heterocycles. The smallest absolute Gasteiger partial charge is 0.134 e. The summed E-state index contributed by atoms with van der Waals surface area (Å²) in [5, 5.41) is 0. The number of benzene rings is 2. The average molecular weight is 417 g/mol. The SMILES string of the molecule is CCCN1c2cc(F)c(C=Nc3cccc(Br)c3)cc2C(C)CC1(C)C. The highest BCUT2D eigenvalue weighted by atomic mass is 79.9. The fourth-order valence-corrected chi connectivity index (χ4v) is 4.35. The molecule has 0 bridgehead atoms. The molecule has 2 aromatic carbocycles. The van der Waals surface area contributed by atoms with Crippen molar-refractivity contribution in [3.05, 3.63) is 57.8 Å². The molecule has 0 radical (unpaired) electrons. The molecule has 0 aliphatic carbocycles. The van der Waals surface area contributed by atoms with Crippen molar-refractivity contribution in [2.45, 2.75) is 52.0 Å². The monoisotopic (exact) mass is 416 g/mol. The molecule has 0 amide bonds. The molecule has 26 heavy (non-hydrogen) atoms. The summed E-state index contributed by atoms with van der Waals surface area (Å²) in [5.74, 6) is 0.181. The van der Waals surface area contributed by atoms with Crippen LogP contribution in [-0.4, -0.2) is 18.3 Å². The molecule has 1 aliphatic heterocycles. The van der Waals surface area contributed by atoms with Crippen LogP contribution in [0, 0.1) is 5.82 Å². The third-order valence-electron chi connectivity index (χ3n) is 5.11. The zero-order valence-corrected chi connectivity index (χ0v) is 17.5. The quantitative estimate of drug-likeness (QED) is 0.497. The van der Waals surface area contributed by atoms with E-state index in [1.54, 1.807) is 12.3 Å². The van der Waals surface area contributed by atoms with Crippen LogP contribution >= 0.6 is 15.9 Å². The number of aliphatic imine (C=N–C) groups is 1. The molecule has 0 spiro atoms. The molecule has 0 N–H and O–H groups in total. The van der Waals surface area contributed by atoms with Crippen molar-refractivity contribution in [2.75, 3.05) is 11.4 Å². The van der Waals surface area contributed by atoms with Gasteiger partial charge in [0, 0.05) is 34.0 Å². The maximum atomic E-state index is 14.8. The molecule has 2 nitrogen and oxygen atoms in total. The predicted molar refractivity (Wildman–Crippen MR) is 113 cm³/mol. The van der Waals surface area contributed by atoms with Crippen molar-refractivity contribution in [1.82, 2.24) is 0 Å². The molecule has 1 aliphatic rings. The highest BCUT2D eigenvalue weighted by Crippen LogP contribution is 2.44. The van der Waals surface area contributed by atoms with Gasteiger partial charge in [0.2, 0.25) is 0 Å². The first kappa shape index (κ1) is 19.1. The molecule has 0 fully saturated rings. The topological polar surface area (TPSA) is 15.6 Å². The maximum absolute atomic E-state index is 14.8. The number of halogens is 2. The van der Waals surface area contributed by atoms with Gasteiger partial charge in [0.25, 0.3) is 0 Å². The summed E-state index contributed by atoms with van der Waals surface area (Å²) in [6.07, 6.45) is 3.74. The molecule has 1 heterocycles. The largest absolute Gasteiger partial charge is 0.366 e. The molecule has 0 aromatic heterocycles. The predicted octanol–water partition coefficient (Wildman–Crippen LogP) is 6.84. The zero-order valence-electron chi connectivity index (χ0n) is 15.9. The minimum atomic E-state index is -0.214. The highest BCUT2D eigenvalue weighted by molar-refractivity contribution is 9.10. The number of nitrogens with zero attached hydrogens (tertiary/aromatic N) is 2. The standard InChI is InChI=1S/C22H26BrFN2/c1-5-9-26-21-12-20(24)16(10-19(21)15(2)13-22(26,3)4)14-25-18-8-6-7-17(23)11-18/h6-8,10-12,14-15H,5,9,13H2,1-4H3. The van der Waals surface area contributed by atoms with Gasteiger partial charge in [0.15, 0.2) is 0 Å². The van der Waals surface area contributed by atoms with E-state index < -0.39 is 0 Å². The number of hydrogen-bond acceptors (Lipinski definition) is 2. The van der Waals surface area contributed by atoms with Crippen LogP contribution in [0.3, 0.4) is 0 Å². The van der Waals surface area contributed by atoms with E-state index >= 15 is 0 Å². The lowest BCUT2D eigenvalue weighted by Crippen LogP contribution is -2.48. The molecule has 4 heteroatoms. The Kier molecular flexibility index (Phi) is 5.52. The summed E-state index contributed by atoms with van der Waals surface area (Å²) in [6, 6.07) is 11.4. The molecular weight excluding hydrogens is 391 g/mol. The van der Waals surface area contributed by atoms with Gasteiger partial charge in [-0.2, -0.15) is 0 Å². The minimum absolute atomic E-state index is 0.0424. The van der Waals surface area contributed by atoms with Crippen LogP contribution in [0.1, 0.15) is 57.6 Å². The van der Waals surface area contributed by atoms with E-state index in [4.69, 9.17) is 0 Å². The molecule has 1 atom stereocenters. The van der Waals surface area contributed by atoms with Crippen molar-refractivity contribution in [3.63, 3.8) is 0 Å². The van der Waals surface area contributed by atoms with E-state index in [9.17, 15) is 4.39 Å². The normalized spacial score (nSPS) is 19.0. The Labute approximate surface area is 164 Å². The van der Waals surface area contributed by atoms with Crippen LogP contribution < -0.4 is 4.90 Å². The van der Waals surface area contributed by atoms with Gasteiger partial charge in [-0.25, -0.2) is 4.39 Å². The highest BCUT2D eigenvalue weighted by Gasteiger charge is 2.36. The van der Waals surface area contributed by atoms with Crippen LogP contribution in [0.2, 0.25) is 0 Å². The lowest BCUT2D eigenvalue weighted by atomic mass is 9.79. The Morgan fingerprint density at radius 3 is 2.77 bits per heavy atom. The fourth-order valence-electron chi connectivity index (χ4n) is 3.97. The van der Waals surface area contributed by atoms with Crippen molar-refractivity contribution in [3.8, 4) is 0 Å². The van der Waals surface area contributed by atoms with Gasteiger partial charge >= 0.3 is 0 Å². The van der Waals surface area contributed by atoms with Gasteiger partial charge in [-0.3, -0.25) is 4.99 Å². The van der Waals surface area contributed by atoms with Crippen molar-refractivity contribution < 1.29 is 4.39 Å². The third-order valence-corrected chi connectivity index (χ3v) is 5.61. The Morgan fingerprint density at radius 1 is 1.31 bits per heavy atom. The molecule has 1 unspecified atom stereocenters. The number of rotatable bonds is 4. The second-order valence-electron chi connectivity index (χ2n) is 7.74. The van der Waals surface area contributed by atoms with Crippen LogP contribution in [0.5, 0.6) is 0 Å². The summed E-state index contributed by atoms with van der Waals surface area (Å²) in [7, 11) is 0. The van der Waals surface area contributed by atoms with Gasteiger partial charge in [-0.05, 0) is 68.5 Å². The summed E-state index contributed by atoms with van der Waals surface area (Å²) < 4.78 is 15.8. The van der Waals surface area contributed by atoms with Gasteiger partial charge in [0.1, 0.15) is 5.82 Å². The molecule has 138 valence electrons. The van der Waals surface area contributed by atoms with Gasteiger partial charge in [-0.1, -0.05) is 35.8 Å². The Hall–Kier alpha value is -1.68. The second-order valence-corrected chi connectivity index (χ2v) is 8.66. The average Bonchev–Trinajstić information content (AvgIpc) is 2.57. The van der Waals surface area contributed by atoms with Crippen molar-refractivity contribution in [1.29, 1.82) is 0 Å². The van der Waals surface area contributed by atoms with E-state index in [-0.39, 0.29) is 11.4 Å². The van der Waals surface area contributed by atoms with Crippen LogP contribution in [0.25, 0.3) is 0 Å². The summed E-state index contributed by atoms with van der Waals surface area (Å²) in [5.41, 5.74) is 3.65. The summed E-state index contributed by atoms with van der Waals surface area (Å²) in [6.45, 7) is 9.85. The van der Waals surface area contributed by atoms with Crippen LogP contribution in [-0.2, 0) is 0 Å². The zero-order chi connectivity index (χ0) is 18.9. The Morgan fingerprint density at radius 2 is 2.08 bits per heavy atom. The van der Waals surface area contributed by atoms with Crippen LogP contribution in [0.4, 0.5) is 15.8 Å². The molecular formula is C22H26BrFN2. The summed E-state index contributed by atoms with van der Waals surface area (Å²) in [4.78, 5) is 6.81. The minimum Gasteiger partial charge on any atom is -0.366 e. The summed E-state index contributed by atoms with van der Waals surface area (Å²) >= 11 is 3.44. The number of fused-ring (bicyclic) bond motifs is 1. The number of anilines is 1. The Bertz CT molecular complexity index is 829. The van der Waals surface area contributed by atoms with Crippen molar-refractivity contribution in [2.24, 2.45) is 4.99 Å². The van der Waals surface area contributed by atoms with E-state index in [1.807, 2.05) is 30.3 Å². The molecule has 3 rings (SSSR count). The van der Waals surface area contributed by atoms with Gasteiger partial charge in [-0.15, -0.1) is 0 Å². The second kappa shape index (κ2) is 7.51. The first-order valence-electron chi connectivity index (χ1n) is 9.22. The van der Waals surface area contributed by atoms with Gasteiger partial charge < -0.3 is 4.90 Å². The molecule has 0 saturated carbocycles. The number of hydrogen-bond donors (Lipinski definition) is 0. The lowest BCUT2D eigenvalue weighted by Gasteiger charge is -2.47. The van der Waals surface area contributed by atoms with E-state index in [1.165, 1.54) is 5.56 Å². The van der Waals surface area contributed by atoms with E-state index in [2.05, 4.69) is 53.5 Å². The first-order valence-corrected chi connectivity index (χ1v) is 10.0. The van der Waals surface area contributed by atoms with E-state index in [0.717, 1.165) is 35.2 Å². The lowest BCUT2D eigenvalue weighted by molar-refractivity contribution is 0.375. The first-order chi connectivity index (χ1) is 12.3. The maximum Gasteiger partial charge on any atom is 0.134 e. The van der Waals surface area contributed by atoms with Gasteiger partial charge in [0.05, 0.1) is 5.69 Å². The molecule has 2 aromatic rings. The fraction of sp³-hybridized carbons (Fsp3) is 0.409.